The Labute approximate surface area is 105 Å². The monoisotopic (exact) mass is 278 g/mol. The van der Waals surface area contributed by atoms with Gasteiger partial charge in [-0.1, -0.05) is 0 Å². The molecule has 0 saturated heterocycles. The molecule has 0 unspecified atom stereocenters. The van der Waals surface area contributed by atoms with Crippen LogP contribution in [0.4, 0.5) is 17.6 Å². The highest BCUT2D eigenvalue weighted by Crippen LogP contribution is 2.33. The third kappa shape index (κ3) is 2.55. The fourth-order valence-corrected chi connectivity index (χ4v) is 2.58. The van der Waals surface area contributed by atoms with E-state index in [0.29, 0.717) is 10.6 Å². The summed E-state index contributed by atoms with van der Waals surface area (Å²) in [6, 6.07) is 2.70. The Morgan fingerprint density at radius 1 is 1.33 bits per heavy atom. The van der Waals surface area contributed by atoms with Gasteiger partial charge >= 0.3 is 6.18 Å². The van der Waals surface area contributed by atoms with Gasteiger partial charge in [0.2, 0.25) is 0 Å². The molecule has 2 aromatic heterocycles. The number of rotatable bonds is 3. The number of alkyl halides is 4. The summed E-state index contributed by atoms with van der Waals surface area (Å²) in [5, 5.41) is 5.18. The van der Waals surface area contributed by atoms with Crippen molar-refractivity contribution in [2.45, 2.75) is 12.6 Å². The van der Waals surface area contributed by atoms with Crippen LogP contribution in [0.3, 0.4) is 0 Å². The van der Waals surface area contributed by atoms with Crippen molar-refractivity contribution in [2.24, 2.45) is 7.05 Å². The van der Waals surface area contributed by atoms with Gasteiger partial charge < -0.3 is 0 Å². The first kappa shape index (κ1) is 13.1. The maximum Gasteiger partial charge on any atom is 0.435 e. The van der Waals surface area contributed by atoms with Crippen LogP contribution in [0.2, 0.25) is 0 Å². The highest BCUT2D eigenvalue weighted by molar-refractivity contribution is 7.13. The van der Waals surface area contributed by atoms with Crippen molar-refractivity contribution in [3.8, 4) is 10.6 Å². The van der Waals surface area contributed by atoms with Crippen LogP contribution in [-0.2, 0) is 19.6 Å². The molecule has 2 rings (SSSR count). The van der Waals surface area contributed by atoms with Crippen molar-refractivity contribution in [2.75, 3.05) is 6.67 Å². The summed E-state index contributed by atoms with van der Waals surface area (Å²) in [4.78, 5) is 0.656. The Hall–Kier alpha value is -1.37. The van der Waals surface area contributed by atoms with E-state index in [2.05, 4.69) is 5.10 Å². The first-order chi connectivity index (χ1) is 8.41. The van der Waals surface area contributed by atoms with E-state index in [-0.39, 0.29) is 6.42 Å². The normalized spacial score (nSPS) is 12.1. The molecule has 0 aliphatic carbocycles. The summed E-state index contributed by atoms with van der Waals surface area (Å²) < 4.78 is 50.9. The van der Waals surface area contributed by atoms with Gasteiger partial charge in [0.05, 0.1) is 17.2 Å². The minimum Gasteiger partial charge on any atom is -0.267 e. The zero-order valence-corrected chi connectivity index (χ0v) is 10.3. The predicted molar refractivity (Wildman–Crippen MR) is 61.2 cm³/mol. The number of halogens is 4. The Morgan fingerprint density at radius 2 is 2.06 bits per heavy atom. The minimum atomic E-state index is -4.45. The van der Waals surface area contributed by atoms with Gasteiger partial charge in [0.15, 0.2) is 5.69 Å². The summed E-state index contributed by atoms with van der Waals surface area (Å²) in [5.41, 5.74) is 0.255. The van der Waals surface area contributed by atoms with Crippen LogP contribution in [0.15, 0.2) is 17.5 Å². The van der Waals surface area contributed by atoms with Gasteiger partial charge in [-0.15, -0.1) is 11.3 Å². The van der Waals surface area contributed by atoms with Crippen molar-refractivity contribution < 1.29 is 17.6 Å². The fourth-order valence-electron chi connectivity index (χ4n) is 1.59. The van der Waals surface area contributed by atoms with Crippen molar-refractivity contribution in [3.63, 3.8) is 0 Å². The lowest BCUT2D eigenvalue weighted by Gasteiger charge is -1.98. The van der Waals surface area contributed by atoms with Crippen LogP contribution < -0.4 is 0 Å². The molecule has 0 radical (unpaired) electrons. The maximum absolute atomic E-state index is 12.5. The van der Waals surface area contributed by atoms with E-state index in [4.69, 9.17) is 0 Å². The van der Waals surface area contributed by atoms with Crippen molar-refractivity contribution >= 4 is 11.3 Å². The van der Waals surface area contributed by atoms with Gasteiger partial charge in [0.25, 0.3) is 0 Å². The molecule has 0 spiro atoms. The maximum atomic E-state index is 12.5. The Bertz CT molecular complexity index is 541. The second-order valence-electron chi connectivity index (χ2n) is 3.79. The van der Waals surface area contributed by atoms with E-state index in [1.54, 1.807) is 11.4 Å². The van der Waals surface area contributed by atoms with E-state index in [0.717, 1.165) is 11.6 Å². The molecule has 0 amide bonds. The van der Waals surface area contributed by atoms with Crippen molar-refractivity contribution in [3.05, 3.63) is 28.8 Å². The average molecular weight is 278 g/mol. The Kier molecular flexibility index (Phi) is 3.43. The predicted octanol–water partition coefficient (Wildman–Crippen LogP) is 3.68. The molecule has 7 heteroatoms. The zero-order valence-electron chi connectivity index (χ0n) is 9.46. The molecule has 2 aromatic rings. The van der Waals surface area contributed by atoms with E-state index in [1.165, 1.54) is 23.1 Å². The molecule has 0 aromatic carbocycles. The topological polar surface area (TPSA) is 17.8 Å². The summed E-state index contributed by atoms with van der Waals surface area (Å²) in [7, 11) is 1.46. The van der Waals surface area contributed by atoms with Gasteiger partial charge in [-0.3, -0.25) is 9.07 Å². The summed E-state index contributed by atoms with van der Waals surface area (Å²) in [6.07, 6.45) is -4.17. The molecule has 0 fully saturated rings. The lowest BCUT2D eigenvalue weighted by molar-refractivity contribution is -0.141. The van der Waals surface area contributed by atoms with Gasteiger partial charge in [-0.25, -0.2) is 0 Å². The molecule has 0 bridgehead atoms. The number of aromatic nitrogens is 2. The molecule has 0 aliphatic rings. The summed E-state index contributed by atoms with van der Waals surface area (Å²) in [5.74, 6) is 0. The van der Waals surface area contributed by atoms with Gasteiger partial charge in [0, 0.05) is 13.5 Å². The van der Waals surface area contributed by atoms with E-state index < -0.39 is 18.5 Å². The van der Waals surface area contributed by atoms with E-state index >= 15 is 0 Å². The lowest BCUT2D eigenvalue weighted by atomic mass is 10.2. The van der Waals surface area contributed by atoms with E-state index in [1.807, 2.05) is 0 Å². The number of aryl methyl sites for hydroxylation is 2. The SMILES string of the molecule is Cn1nc(C(F)(F)F)cc1-c1cc(CCF)cs1. The smallest absolute Gasteiger partial charge is 0.267 e. The minimum absolute atomic E-state index is 0.278. The number of nitrogens with zero attached hydrogens (tertiary/aromatic N) is 2. The van der Waals surface area contributed by atoms with Crippen LogP contribution in [0.5, 0.6) is 0 Å². The van der Waals surface area contributed by atoms with Gasteiger partial charge in [-0.05, 0) is 23.1 Å². The quantitative estimate of drug-likeness (QED) is 0.783. The van der Waals surface area contributed by atoms with Crippen LogP contribution in [-0.4, -0.2) is 16.5 Å². The second kappa shape index (κ2) is 4.72. The molecular formula is C11H10F4N2S. The molecule has 2 heterocycles. The first-order valence-corrected chi connectivity index (χ1v) is 6.05. The van der Waals surface area contributed by atoms with Crippen LogP contribution in [0, 0.1) is 0 Å². The van der Waals surface area contributed by atoms with Crippen LogP contribution in [0.25, 0.3) is 10.6 Å². The molecule has 0 N–H and O–H groups in total. The van der Waals surface area contributed by atoms with E-state index in [9.17, 15) is 17.6 Å². The molecule has 2 nitrogen and oxygen atoms in total. The van der Waals surface area contributed by atoms with Gasteiger partial charge in [0.1, 0.15) is 0 Å². The highest BCUT2D eigenvalue weighted by atomic mass is 32.1. The number of hydrogen-bond donors (Lipinski definition) is 0. The molecular weight excluding hydrogens is 268 g/mol. The second-order valence-corrected chi connectivity index (χ2v) is 4.71. The fraction of sp³-hybridized carbons (Fsp3) is 0.364. The molecule has 0 atom stereocenters. The Balaban J connectivity index is 2.35. The first-order valence-electron chi connectivity index (χ1n) is 5.17. The van der Waals surface area contributed by atoms with Crippen molar-refractivity contribution in [1.82, 2.24) is 9.78 Å². The highest BCUT2D eigenvalue weighted by Gasteiger charge is 2.34. The van der Waals surface area contributed by atoms with Gasteiger partial charge in [-0.2, -0.15) is 18.3 Å². The molecule has 98 valence electrons. The third-order valence-electron chi connectivity index (χ3n) is 2.46. The number of hydrogen-bond acceptors (Lipinski definition) is 2. The average Bonchev–Trinajstić information content (AvgIpc) is 2.84. The van der Waals surface area contributed by atoms with Crippen LogP contribution in [0.1, 0.15) is 11.3 Å². The summed E-state index contributed by atoms with van der Waals surface area (Å²) in [6.45, 7) is -0.477. The molecule has 18 heavy (non-hydrogen) atoms. The number of thiophene rings is 1. The Morgan fingerprint density at radius 3 is 2.61 bits per heavy atom. The summed E-state index contributed by atoms with van der Waals surface area (Å²) >= 11 is 1.29. The zero-order chi connectivity index (χ0) is 13.3. The molecule has 0 saturated carbocycles. The standard InChI is InChI=1S/C11H10F4N2S/c1-17-8(5-10(16-17)11(13,14)15)9-4-7(2-3-12)6-18-9/h4-6H,2-3H2,1H3. The lowest BCUT2D eigenvalue weighted by Crippen LogP contribution is -2.06. The third-order valence-corrected chi connectivity index (χ3v) is 3.46. The molecule has 0 aliphatic heterocycles. The van der Waals surface area contributed by atoms with Crippen LogP contribution >= 0.6 is 11.3 Å². The van der Waals surface area contributed by atoms with Crippen molar-refractivity contribution in [1.29, 1.82) is 0 Å². The largest absolute Gasteiger partial charge is 0.435 e.